The van der Waals surface area contributed by atoms with Gasteiger partial charge in [-0.15, -0.1) is 0 Å². The lowest BCUT2D eigenvalue weighted by Gasteiger charge is -2.10. The molecule has 2 fully saturated rings. The molecule has 0 heterocycles. The Kier molecular flexibility index (Phi) is 5.14. The average Bonchev–Trinajstić information content (AvgIpc) is 3.79. The van der Waals surface area contributed by atoms with Crippen LogP contribution in [0.3, 0.4) is 0 Å². The molecule has 2 aliphatic carbocycles. The van der Waals surface area contributed by atoms with E-state index in [0.717, 1.165) is 23.6 Å². The molecule has 2 saturated carbocycles. The van der Waals surface area contributed by atoms with Crippen LogP contribution in [0.15, 0.2) is 97.1 Å². The van der Waals surface area contributed by atoms with Crippen LogP contribution in [-0.4, -0.2) is 11.9 Å². The second kappa shape index (κ2) is 8.45. The Balaban J connectivity index is 1.13. The molecular formula is C30H24O4. The van der Waals surface area contributed by atoms with Gasteiger partial charge in [-0.3, -0.25) is 9.59 Å². The third kappa shape index (κ3) is 4.08. The van der Waals surface area contributed by atoms with E-state index in [0.29, 0.717) is 11.5 Å². The molecule has 0 unspecified atom stereocenters. The standard InChI is InChI=1S/C30H24O4/c31-29(26-17-24(26)19-8-3-1-4-9-19)33-22-14-15-23-21(16-22)12-7-13-28(23)34-30(32)27-18-25(27)20-10-5-2-6-11-20/h1-16,24-27H,17-18H2/t24-,25+,26+,27+/m0/s1. The molecule has 4 aromatic rings. The van der Waals surface area contributed by atoms with Crippen molar-refractivity contribution in [3.05, 3.63) is 108 Å². The molecule has 0 amide bonds. The summed E-state index contributed by atoms with van der Waals surface area (Å²) in [6, 6.07) is 31.2. The fourth-order valence-corrected chi connectivity index (χ4v) is 4.81. The van der Waals surface area contributed by atoms with Gasteiger partial charge in [0.05, 0.1) is 11.8 Å². The first-order valence-corrected chi connectivity index (χ1v) is 11.7. The van der Waals surface area contributed by atoms with E-state index in [2.05, 4.69) is 24.3 Å². The lowest BCUT2D eigenvalue weighted by Crippen LogP contribution is -2.12. The van der Waals surface area contributed by atoms with Crippen molar-refractivity contribution in [2.45, 2.75) is 24.7 Å². The van der Waals surface area contributed by atoms with Crippen molar-refractivity contribution in [1.29, 1.82) is 0 Å². The molecule has 0 saturated heterocycles. The van der Waals surface area contributed by atoms with E-state index >= 15 is 0 Å². The van der Waals surface area contributed by atoms with Gasteiger partial charge < -0.3 is 9.47 Å². The van der Waals surface area contributed by atoms with Crippen molar-refractivity contribution < 1.29 is 19.1 Å². The van der Waals surface area contributed by atoms with Gasteiger partial charge in [0.1, 0.15) is 11.5 Å². The van der Waals surface area contributed by atoms with Crippen LogP contribution in [0.1, 0.15) is 35.8 Å². The van der Waals surface area contributed by atoms with Crippen molar-refractivity contribution in [2.24, 2.45) is 11.8 Å². The molecule has 0 aromatic heterocycles. The Morgan fingerprint density at radius 2 is 1.21 bits per heavy atom. The van der Waals surface area contributed by atoms with Crippen molar-refractivity contribution in [2.75, 3.05) is 0 Å². The van der Waals surface area contributed by atoms with E-state index in [9.17, 15) is 9.59 Å². The summed E-state index contributed by atoms with van der Waals surface area (Å²) in [5, 5.41) is 1.68. The number of benzene rings is 4. The van der Waals surface area contributed by atoms with Crippen LogP contribution in [0.25, 0.3) is 10.8 Å². The van der Waals surface area contributed by atoms with Gasteiger partial charge in [-0.2, -0.15) is 0 Å². The van der Waals surface area contributed by atoms with Gasteiger partial charge in [-0.1, -0.05) is 72.8 Å². The van der Waals surface area contributed by atoms with E-state index in [1.54, 1.807) is 12.1 Å². The zero-order chi connectivity index (χ0) is 23.1. The number of hydrogen-bond acceptors (Lipinski definition) is 4. The van der Waals surface area contributed by atoms with Crippen LogP contribution >= 0.6 is 0 Å². The Bertz CT molecular complexity index is 1360. The van der Waals surface area contributed by atoms with Crippen LogP contribution in [-0.2, 0) is 9.59 Å². The highest BCUT2D eigenvalue weighted by Crippen LogP contribution is 2.49. The minimum atomic E-state index is -0.198. The highest BCUT2D eigenvalue weighted by molar-refractivity contribution is 5.92. The van der Waals surface area contributed by atoms with E-state index in [1.165, 1.54) is 11.1 Å². The summed E-state index contributed by atoms with van der Waals surface area (Å²) in [7, 11) is 0. The SMILES string of the molecule is O=C(Oc1cccc2cc(OC(=O)[C@@H]3C[C@H]3c3ccccc3)ccc12)[C@@H]1C[C@@H]1c1ccccc1. The molecule has 2 aliphatic rings. The topological polar surface area (TPSA) is 52.6 Å². The number of carbonyl (C=O) groups excluding carboxylic acids is 2. The van der Waals surface area contributed by atoms with Crippen LogP contribution in [0.2, 0.25) is 0 Å². The van der Waals surface area contributed by atoms with E-state index in [4.69, 9.17) is 9.47 Å². The predicted octanol–water partition coefficient (Wildman–Crippen LogP) is 6.26. The molecule has 6 rings (SSSR count). The molecule has 168 valence electrons. The zero-order valence-corrected chi connectivity index (χ0v) is 18.6. The zero-order valence-electron chi connectivity index (χ0n) is 18.6. The molecule has 34 heavy (non-hydrogen) atoms. The number of ether oxygens (including phenoxy) is 2. The smallest absolute Gasteiger partial charge is 0.314 e. The van der Waals surface area contributed by atoms with Crippen LogP contribution < -0.4 is 9.47 Å². The first-order valence-electron chi connectivity index (χ1n) is 11.7. The summed E-state index contributed by atoms with van der Waals surface area (Å²) in [5.74, 6) is 0.917. The molecule has 0 N–H and O–H groups in total. The summed E-state index contributed by atoms with van der Waals surface area (Å²) < 4.78 is 11.5. The van der Waals surface area contributed by atoms with Crippen molar-refractivity contribution >= 4 is 22.7 Å². The Labute approximate surface area is 198 Å². The molecule has 4 atom stereocenters. The number of carbonyl (C=O) groups is 2. The molecule has 0 spiro atoms. The quantitative estimate of drug-likeness (QED) is 0.258. The average molecular weight is 449 g/mol. The Morgan fingerprint density at radius 3 is 1.82 bits per heavy atom. The molecule has 0 radical (unpaired) electrons. The predicted molar refractivity (Wildman–Crippen MR) is 130 cm³/mol. The van der Waals surface area contributed by atoms with Crippen molar-refractivity contribution in [3.63, 3.8) is 0 Å². The number of rotatable bonds is 6. The fraction of sp³-hybridized carbons (Fsp3) is 0.200. The van der Waals surface area contributed by atoms with Gasteiger partial charge in [0.15, 0.2) is 0 Å². The normalized spacial score (nSPS) is 22.7. The molecule has 0 bridgehead atoms. The fourth-order valence-electron chi connectivity index (χ4n) is 4.81. The summed E-state index contributed by atoms with van der Waals surface area (Å²) in [6.45, 7) is 0. The summed E-state index contributed by atoms with van der Waals surface area (Å²) >= 11 is 0. The van der Waals surface area contributed by atoms with Crippen LogP contribution in [0.5, 0.6) is 11.5 Å². The summed E-state index contributed by atoms with van der Waals surface area (Å²) in [6.07, 6.45) is 1.64. The lowest BCUT2D eigenvalue weighted by atomic mass is 10.1. The van der Waals surface area contributed by atoms with Gasteiger partial charge >= 0.3 is 11.9 Å². The van der Waals surface area contributed by atoms with Gasteiger partial charge in [0.25, 0.3) is 0 Å². The Hall–Kier alpha value is -3.92. The molecule has 4 aromatic carbocycles. The Morgan fingerprint density at radius 1 is 0.618 bits per heavy atom. The molecule has 0 aliphatic heterocycles. The number of fused-ring (bicyclic) bond motifs is 1. The molecule has 4 heteroatoms. The van der Waals surface area contributed by atoms with Gasteiger partial charge in [-0.05, 0) is 65.5 Å². The van der Waals surface area contributed by atoms with Crippen LogP contribution in [0.4, 0.5) is 0 Å². The van der Waals surface area contributed by atoms with Crippen molar-refractivity contribution in [1.82, 2.24) is 0 Å². The maximum absolute atomic E-state index is 12.8. The van der Waals surface area contributed by atoms with Gasteiger partial charge in [0.2, 0.25) is 0 Å². The van der Waals surface area contributed by atoms with E-state index in [-0.39, 0.29) is 35.6 Å². The first-order chi connectivity index (χ1) is 16.7. The van der Waals surface area contributed by atoms with Gasteiger partial charge in [0, 0.05) is 5.39 Å². The summed E-state index contributed by atoms with van der Waals surface area (Å²) in [4.78, 5) is 25.4. The third-order valence-corrected chi connectivity index (χ3v) is 6.88. The van der Waals surface area contributed by atoms with Crippen molar-refractivity contribution in [3.8, 4) is 11.5 Å². The molecular weight excluding hydrogens is 424 g/mol. The van der Waals surface area contributed by atoms with Crippen LogP contribution in [0, 0.1) is 11.8 Å². The minimum absolute atomic E-state index is 0.0958. The maximum Gasteiger partial charge on any atom is 0.314 e. The third-order valence-electron chi connectivity index (χ3n) is 6.88. The summed E-state index contributed by atoms with van der Waals surface area (Å²) in [5.41, 5.74) is 2.36. The number of esters is 2. The maximum atomic E-state index is 12.8. The van der Waals surface area contributed by atoms with E-state index in [1.807, 2.05) is 60.7 Å². The minimum Gasteiger partial charge on any atom is -0.426 e. The lowest BCUT2D eigenvalue weighted by molar-refractivity contribution is -0.136. The number of hydrogen-bond donors (Lipinski definition) is 0. The highest BCUT2D eigenvalue weighted by Gasteiger charge is 2.46. The van der Waals surface area contributed by atoms with Gasteiger partial charge in [-0.25, -0.2) is 0 Å². The molecule has 4 nitrogen and oxygen atoms in total. The largest absolute Gasteiger partial charge is 0.426 e. The van der Waals surface area contributed by atoms with E-state index < -0.39 is 0 Å². The second-order valence-electron chi connectivity index (χ2n) is 9.20. The monoisotopic (exact) mass is 448 g/mol. The highest BCUT2D eigenvalue weighted by atomic mass is 16.5. The second-order valence-corrected chi connectivity index (χ2v) is 9.20. The first kappa shape index (κ1) is 20.7.